The molecule has 0 aliphatic heterocycles. The van der Waals surface area contributed by atoms with Gasteiger partial charge in [-0.3, -0.25) is 4.90 Å². The summed E-state index contributed by atoms with van der Waals surface area (Å²) < 4.78 is 0.422. The Morgan fingerprint density at radius 2 is 2.12 bits per heavy atom. The van der Waals surface area contributed by atoms with Crippen molar-refractivity contribution in [1.29, 1.82) is 0 Å². The first-order valence-electron chi connectivity index (χ1n) is 4.65. The van der Waals surface area contributed by atoms with E-state index in [0.29, 0.717) is 10.3 Å². The van der Waals surface area contributed by atoms with Crippen LogP contribution in [0.5, 0.6) is 0 Å². The SMILES string of the molecule is CC(C)(C)N(C(=O)O)c1[nH]ccc(=S)c1Cl. The van der Waals surface area contributed by atoms with Crippen molar-refractivity contribution in [2.24, 2.45) is 0 Å². The summed E-state index contributed by atoms with van der Waals surface area (Å²) in [6.45, 7) is 5.34. The summed E-state index contributed by atoms with van der Waals surface area (Å²) in [6.07, 6.45) is 0.497. The molecule has 0 bridgehead atoms. The van der Waals surface area contributed by atoms with Gasteiger partial charge in [0.05, 0.1) is 9.53 Å². The summed E-state index contributed by atoms with van der Waals surface area (Å²) in [5, 5.41) is 9.44. The number of anilines is 1. The fourth-order valence-electron chi connectivity index (χ4n) is 1.33. The molecule has 0 aromatic carbocycles. The number of pyridine rings is 1. The highest BCUT2D eigenvalue weighted by molar-refractivity contribution is 7.71. The monoisotopic (exact) mass is 260 g/mol. The summed E-state index contributed by atoms with van der Waals surface area (Å²) in [5.41, 5.74) is -0.602. The molecule has 88 valence electrons. The van der Waals surface area contributed by atoms with Crippen molar-refractivity contribution >= 4 is 35.7 Å². The van der Waals surface area contributed by atoms with Crippen molar-refractivity contribution < 1.29 is 9.90 Å². The van der Waals surface area contributed by atoms with Gasteiger partial charge in [-0.1, -0.05) is 23.8 Å². The van der Waals surface area contributed by atoms with Gasteiger partial charge in [0.25, 0.3) is 0 Å². The van der Waals surface area contributed by atoms with Gasteiger partial charge in [0.15, 0.2) is 0 Å². The van der Waals surface area contributed by atoms with E-state index in [2.05, 4.69) is 4.98 Å². The van der Waals surface area contributed by atoms with Gasteiger partial charge in [0.1, 0.15) is 5.82 Å². The van der Waals surface area contributed by atoms with Crippen molar-refractivity contribution in [3.63, 3.8) is 0 Å². The first kappa shape index (κ1) is 13.0. The average molecular weight is 261 g/mol. The molecule has 0 saturated carbocycles. The Morgan fingerprint density at radius 3 is 2.56 bits per heavy atom. The Hall–Kier alpha value is -1.07. The summed E-state index contributed by atoms with van der Waals surface area (Å²) in [6, 6.07) is 1.61. The van der Waals surface area contributed by atoms with E-state index in [9.17, 15) is 9.90 Å². The van der Waals surface area contributed by atoms with Crippen LogP contribution in [0.4, 0.5) is 10.6 Å². The molecule has 1 amide bonds. The van der Waals surface area contributed by atoms with Crippen LogP contribution in [-0.4, -0.2) is 21.7 Å². The zero-order valence-electron chi connectivity index (χ0n) is 9.24. The minimum Gasteiger partial charge on any atom is -0.465 e. The van der Waals surface area contributed by atoms with Crippen LogP contribution in [0.3, 0.4) is 0 Å². The number of hydrogen-bond donors (Lipinski definition) is 2. The highest BCUT2D eigenvalue weighted by Gasteiger charge is 2.30. The smallest absolute Gasteiger partial charge is 0.413 e. The van der Waals surface area contributed by atoms with E-state index in [-0.39, 0.29) is 5.02 Å². The van der Waals surface area contributed by atoms with E-state index >= 15 is 0 Å². The molecule has 1 aromatic heterocycles. The fraction of sp³-hybridized carbons (Fsp3) is 0.400. The molecule has 0 unspecified atom stereocenters. The fourth-order valence-corrected chi connectivity index (χ4v) is 1.70. The molecule has 0 aliphatic carbocycles. The quantitative estimate of drug-likeness (QED) is 0.758. The molecule has 0 saturated heterocycles. The minimum atomic E-state index is -1.08. The summed E-state index contributed by atoms with van der Waals surface area (Å²) in [7, 11) is 0. The van der Waals surface area contributed by atoms with Gasteiger partial charge < -0.3 is 10.1 Å². The number of rotatable bonds is 1. The average Bonchev–Trinajstić information content (AvgIpc) is 2.09. The molecule has 0 radical (unpaired) electrons. The zero-order chi connectivity index (χ0) is 12.5. The molecule has 0 atom stereocenters. The molecule has 1 heterocycles. The second-order valence-electron chi connectivity index (χ2n) is 4.29. The maximum Gasteiger partial charge on any atom is 0.413 e. The van der Waals surface area contributed by atoms with Gasteiger partial charge in [-0.05, 0) is 26.8 Å². The lowest BCUT2D eigenvalue weighted by Crippen LogP contribution is -2.45. The van der Waals surface area contributed by atoms with E-state index in [1.54, 1.807) is 33.0 Å². The number of nitrogens with zero attached hydrogens (tertiary/aromatic N) is 1. The van der Waals surface area contributed by atoms with Crippen LogP contribution >= 0.6 is 23.8 Å². The molecular weight excluding hydrogens is 248 g/mol. The first-order valence-corrected chi connectivity index (χ1v) is 5.44. The Kier molecular flexibility index (Phi) is 3.60. The predicted molar refractivity (Wildman–Crippen MR) is 66.9 cm³/mol. The number of aromatic amines is 1. The lowest BCUT2D eigenvalue weighted by molar-refractivity contribution is 0.195. The van der Waals surface area contributed by atoms with E-state index in [1.165, 1.54) is 0 Å². The lowest BCUT2D eigenvalue weighted by atomic mass is 10.1. The standard InChI is InChI=1S/C10H13ClN2O2S/c1-10(2,3)13(9(14)15)8-7(11)6(16)4-5-12-8/h4-5H,1-3H3,(H,12,16)(H,14,15). The number of nitrogens with one attached hydrogen (secondary N) is 1. The van der Waals surface area contributed by atoms with Crippen molar-refractivity contribution in [3.8, 4) is 0 Å². The summed E-state index contributed by atoms with van der Waals surface area (Å²) >= 11 is 11.0. The number of carboxylic acid groups (broad SMARTS) is 1. The number of aromatic nitrogens is 1. The summed E-state index contributed by atoms with van der Waals surface area (Å²) in [5.74, 6) is 0.300. The van der Waals surface area contributed by atoms with E-state index in [4.69, 9.17) is 23.8 Å². The Bertz CT molecular complexity index is 465. The van der Waals surface area contributed by atoms with Crippen LogP contribution in [-0.2, 0) is 0 Å². The van der Waals surface area contributed by atoms with Gasteiger partial charge in [0.2, 0.25) is 0 Å². The minimum absolute atomic E-state index is 0.245. The van der Waals surface area contributed by atoms with E-state index in [1.807, 2.05) is 0 Å². The molecule has 0 spiro atoms. The third-order valence-electron chi connectivity index (χ3n) is 1.96. The van der Waals surface area contributed by atoms with E-state index in [0.717, 1.165) is 4.90 Å². The van der Waals surface area contributed by atoms with Crippen LogP contribution in [0.25, 0.3) is 0 Å². The van der Waals surface area contributed by atoms with Crippen molar-refractivity contribution in [2.75, 3.05) is 4.90 Å². The Balaban J connectivity index is 3.39. The Morgan fingerprint density at radius 1 is 1.56 bits per heavy atom. The highest BCUT2D eigenvalue weighted by Crippen LogP contribution is 2.29. The topological polar surface area (TPSA) is 56.3 Å². The van der Waals surface area contributed by atoms with Crippen molar-refractivity contribution in [3.05, 3.63) is 21.8 Å². The van der Waals surface area contributed by atoms with Gasteiger partial charge in [-0.2, -0.15) is 0 Å². The molecule has 6 heteroatoms. The second-order valence-corrected chi connectivity index (χ2v) is 5.11. The Labute approximate surface area is 104 Å². The van der Waals surface area contributed by atoms with Gasteiger partial charge in [-0.25, -0.2) is 4.79 Å². The molecule has 2 N–H and O–H groups in total. The number of H-pyrrole nitrogens is 1. The molecule has 4 nitrogen and oxygen atoms in total. The lowest BCUT2D eigenvalue weighted by Gasteiger charge is -2.33. The van der Waals surface area contributed by atoms with Crippen LogP contribution in [0.15, 0.2) is 12.3 Å². The van der Waals surface area contributed by atoms with Gasteiger partial charge >= 0.3 is 6.09 Å². The van der Waals surface area contributed by atoms with Crippen molar-refractivity contribution in [2.45, 2.75) is 26.3 Å². The van der Waals surface area contributed by atoms with Gasteiger partial charge in [-0.15, -0.1) is 0 Å². The van der Waals surface area contributed by atoms with Crippen LogP contribution in [0.2, 0.25) is 5.02 Å². The number of amides is 1. The van der Waals surface area contributed by atoms with Crippen molar-refractivity contribution in [1.82, 2.24) is 4.98 Å². The van der Waals surface area contributed by atoms with Crippen LogP contribution < -0.4 is 4.90 Å². The van der Waals surface area contributed by atoms with E-state index < -0.39 is 11.6 Å². The molecule has 16 heavy (non-hydrogen) atoms. The maximum absolute atomic E-state index is 11.2. The van der Waals surface area contributed by atoms with Crippen LogP contribution in [0, 0.1) is 4.51 Å². The normalized spacial score (nSPS) is 11.2. The predicted octanol–water partition coefficient (Wildman–Crippen LogP) is 3.68. The number of hydrogen-bond acceptors (Lipinski definition) is 2. The first-order chi connectivity index (χ1) is 7.25. The largest absolute Gasteiger partial charge is 0.465 e. The number of carbonyl (C=O) groups is 1. The zero-order valence-corrected chi connectivity index (χ0v) is 10.8. The molecule has 1 rings (SSSR count). The van der Waals surface area contributed by atoms with Gasteiger partial charge in [0, 0.05) is 11.7 Å². The molecule has 0 fully saturated rings. The van der Waals surface area contributed by atoms with Crippen LogP contribution in [0.1, 0.15) is 20.8 Å². The second kappa shape index (κ2) is 4.43. The summed E-state index contributed by atoms with van der Waals surface area (Å²) in [4.78, 5) is 15.2. The molecular formula is C10H13ClN2O2S. The number of halogens is 1. The third kappa shape index (κ3) is 2.54. The third-order valence-corrected chi connectivity index (χ3v) is 2.80. The molecule has 1 aromatic rings. The molecule has 0 aliphatic rings. The maximum atomic E-state index is 11.2. The highest BCUT2D eigenvalue weighted by atomic mass is 35.5.